The molecule has 2 aromatic heterocycles. The van der Waals surface area contributed by atoms with E-state index in [1.54, 1.807) is 25.3 Å². The van der Waals surface area contributed by atoms with Gasteiger partial charge >= 0.3 is 0 Å². The molecular weight excluding hydrogens is 226 g/mol. The van der Waals surface area contributed by atoms with Gasteiger partial charge in [-0.05, 0) is 42.8 Å². The van der Waals surface area contributed by atoms with Crippen molar-refractivity contribution in [2.75, 3.05) is 0 Å². The van der Waals surface area contributed by atoms with Crippen molar-refractivity contribution in [3.8, 4) is 0 Å². The van der Waals surface area contributed by atoms with E-state index in [4.69, 9.17) is 16.0 Å². The van der Waals surface area contributed by atoms with E-state index in [9.17, 15) is 4.79 Å². The van der Waals surface area contributed by atoms with Crippen molar-refractivity contribution in [3.05, 3.63) is 53.2 Å². The van der Waals surface area contributed by atoms with E-state index in [0.29, 0.717) is 0 Å². The van der Waals surface area contributed by atoms with E-state index >= 15 is 0 Å². The Balaban J connectivity index is 2.23. The van der Waals surface area contributed by atoms with Gasteiger partial charge in [-0.15, -0.1) is 0 Å². The first kappa shape index (κ1) is 10.9. The highest BCUT2D eigenvalue weighted by Gasteiger charge is 2.20. The van der Waals surface area contributed by atoms with Crippen LogP contribution in [0.3, 0.4) is 0 Å². The second kappa shape index (κ2) is 4.49. The van der Waals surface area contributed by atoms with Crippen molar-refractivity contribution in [2.45, 2.75) is 12.8 Å². The predicted molar refractivity (Wildman–Crippen MR) is 60.7 cm³/mol. The molecule has 0 saturated carbocycles. The lowest BCUT2D eigenvalue weighted by Crippen LogP contribution is -2.09. The molecule has 0 radical (unpaired) electrons. The highest BCUT2D eigenvalue weighted by Crippen LogP contribution is 2.21. The molecule has 82 valence electrons. The second-order valence-corrected chi connectivity index (χ2v) is 3.82. The Labute approximate surface area is 98.1 Å². The summed E-state index contributed by atoms with van der Waals surface area (Å²) in [5.41, 5.74) is 0.722. The summed E-state index contributed by atoms with van der Waals surface area (Å²) in [6, 6.07) is 8.60. The van der Waals surface area contributed by atoms with Crippen molar-refractivity contribution in [3.63, 3.8) is 0 Å². The number of pyridine rings is 1. The fourth-order valence-electron chi connectivity index (χ4n) is 1.43. The molecular formula is C12H10ClNO2. The molecule has 0 aliphatic carbocycles. The Morgan fingerprint density at radius 2 is 2.19 bits per heavy atom. The Morgan fingerprint density at radius 3 is 2.75 bits per heavy atom. The zero-order valence-electron chi connectivity index (χ0n) is 8.68. The Hall–Kier alpha value is -1.61. The summed E-state index contributed by atoms with van der Waals surface area (Å²) in [5.74, 6) is -0.183. The number of aromatic nitrogens is 1. The van der Waals surface area contributed by atoms with Gasteiger partial charge in [-0.2, -0.15) is 0 Å². The monoisotopic (exact) mass is 235 g/mol. The number of halogens is 1. The Bertz CT molecular complexity index is 493. The summed E-state index contributed by atoms with van der Waals surface area (Å²) in [6.07, 6.45) is 1.66. The standard InChI is InChI=1S/C12H10ClNO2/c1-8(9-4-2-3-7-14-9)12(15)10-5-6-11(13)16-10/h2-8H,1H3. The van der Waals surface area contributed by atoms with Gasteiger partial charge in [0.05, 0.1) is 11.6 Å². The third-order valence-corrected chi connectivity index (χ3v) is 2.54. The second-order valence-electron chi connectivity index (χ2n) is 3.44. The first-order valence-electron chi connectivity index (χ1n) is 4.89. The molecule has 4 heteroatoms. The van der Waals surface area contributed by atoms with Crippen molar-refractivity contribution < 1.29 is 9.21 Å². The molecule has 0 N–H and O–H groups in total. The molecule has 16 heavy (non-hydrogen) atoms. The molecule has 0 saturated heterocycles. The van der Waals surface area contributed by atoms with E-state index in [1.807, 2.05) is 18.2 Å². The normalized spacial score (nSPS) is 12.4. The molecule has 0 amide bonds. The summed E-state index contributed by atoms with van der Waals surface area (Å²) in [5, 5.41) is 0.219. The number of hydrogen-bond acceptors (Lipinski definition) is 3. The van der Waals surface area contributed by atoms with Gasteiger partial charge < -0.3 is 4.42 Å². The van der Waals surface area contributed by atoms with Crippen LogP contribution in [0, 0.1) is 0 Å². The average molecular weight is 236 g/mol. The topological polar surface area (TPSA) is 43.1 Å². The molecule has 0 aliphatic rings. The number of hydrogen-bond donors (Lipinski definition) is 0. The molecule has 2 rings (SSSR count). The minimum absolute atomic E-state index is 0.120. The Morgan fingerprint density at radius 1 is 1.38 bits per heavy atom. The van der Waals surface area contributed by atoms with Crippen LogP contribution in [0.15, 0.2) is 40.9 Å². The van der Waals surface area contributed by atoms with Crippen LogP contribution in [-0.2, 0) is 0 Å². The van der Waals surface area contributed by atoms with Gasteiger partial charge in [0.2, 0.25) is 5.78 Å². The van der Waals surface area contributed by atoms with Crippen LogP contribution >= 0.6 is 11.6 Å². The van der Waals surface area contributed by atoms with Crippen LogP contribution in [0.1, 0.15) is 29.1 Å². The lowest BCUT2D eigenvalue weighted by molar-refractivity contribution is 0.0937. The summed E-state index contributed by atoms with van der Waals surface area (Å²) >= 11 is 5.62. The summed E-state index contributed by atoms with van der Waals surface area (Å²) in [6.45, 7) is 1.79. The van der Waals surface area contributed by atoms with Gasteiger partial charge in [-0.25, -0.2) is 0 Å². The summed E-state index contributed by atoms with van der Waals surface area (Å²) < 4.78 is 5.08. The lowest BCUT2D eigenvalue weighted by atomic mass is 10.0. The van der Waals surface area contributed by atoms with Gasteiger partial charge in [0.15, 0.2) is 11.0 Å². The number of ketones is 1. The zero-order chi connectivity index (χ0) is 11.5. The molecule has 0 fully saturated rings. The zero-order valence-corrected chi connectivity index (χ0v) is 9.44. The number of nitrogens with zero attached hydrogens (tertiary/aromatic N) is 1. The molecule has 0 aliphatic heterocycles. The number of carbonyl (C=O) groups excluding carboxylic acids is 1. The quantitative estimate of drug-likeness (QED) is 0.767. The fraction of sp³-hybridized carbons (Fsp3) is 0.167. The van der Waals surface area contributed by atoms with E-state index in [1.165, 1.54) is 0 Å². The summed E-state index contributed by atoms with van der Waals surface area (Å²) in [7, 11) is 0. The average Bonchev–Trinajstić information content (AvgIpc) is 2.75. The van der Waals surface area contributed by atoms with Crippen molar-refractivity contribution in [1.82, 2.24) is 4.98 Å². The van der Waals surface area contributed by atoms with Gasteiger partial charge in [0, 0.05) is 6.20 Å². The lowest BCUT2D eigenvalue weighted by Gasteiger charge is -2.06. The van der Waals surface area contributed by atoms with Crippen LogP contribution in [0.2, 0.25) is 5.22 Å². The number of Topliss-reactive ketones (excluding diaryl/α,β-unsaturated/α-hetero) is 1. The van der Waals surface area contributed by atoms with Crippen LogP contribution in [0.5, 0.6) is 0 Å². The minimum atomic E-state index is -0.330. The number of furan rings is 1. The predicted octanol–water partition coefficient (Wildman–Crippen LogP) is 3.31. The Kier molecular flexibility index (Phi) is 3.06. The smallest absolute Gasteiger partial charge is 0.206 e. The van der Waals surface area contributed by atoms with Crippen molar-refractivity contribution in [2.24, 2.45) is 0 Å². The SMILES string of the molecule is CC(C(=O)c1ccc(Cl)o1)c1ccccn1. The van der Waals surface area contributed by atoms with Crippen LogP contribution in [-0.4, -0.2) is 10.8 Å². The molecule has 0 aromatic carbocycles. The van der Waals surface area contributed by atoms with Crippen molar-refractivity contribution in [1.29, 1.82) is 0 Å². The maximum Gasteiger partial charge on any atom is 0.206 e. The molecule has 3 nitrogen and oxygen atoms in total. The van der Waals surface area contributed by atoms with Gasteiger partial charge in [0.1, 0.15) is 0 Å². The maximum atomic E-state index is 12.0. The molecule has 1 atom stereocenters. The highest BCUT2D eigenvalue weighted by atomic mass is 35.5. The van der Waals surface area contributed by atoms with Gasteiger partial charge in [-0.3, -0.25) is 9.78 Å². The maximum absolute atomic E-state index is 12.0. The number of carbonyl (C=O) groups is 1. The first-order valence-corrected chi connectivity index (χ1v) is 5.27. The number of rotatable bonds is 3. The van der Waals surface area contributed by atoms with E-state index in [0.717, 1.165) is 5.69 Å². The van der Waals surface area contributed by atoms with Crippen LogP contribution in [0.25, 0.3) is 0 Å². The molecule has 0 bridgehead atoms. The third kappa shape index (κ3) is 2.14. The summed E-state index contributed by atoms with van der Waals surface area (Å²) in [4.78, 5) is 16.1. The highest BCUT2D eigenvalue weighted by molar-refractivity contribution is 6.29. The fourth-order valence-corrected chi connectivity index (χ4v) is 1.57. The van der Waals surface area contributed by atoms with Gasteiger partial charge in [-0.1, -0.05) is 6.07 Å². The van der Waals surface area contributed by atoms with Crippen LogP contribution in [0.4, 0.5) is 0 Å². The van der Waals surface area contributed by atoms with Crippen LogP contribution < -0.4 is 0 Å². The molecule has 0 spiro atoms. The first-order chi connectivity index (χ1) is 7.68. The van der Waals surface area contributed by atoms with Gasteiger partial charge in [0.25, 0.3) is 0 Å². The molecule has 2 aromatic rings. The third-order valence-electron chi connectivity index (χ3n) is 2.34. The minimum Gasteiger partial charge on any atom is -0.442 e. The van der Waals surface area contributed by atoms with E-state index < -0.39 is 0 Å². The van der Waals surface area contributed by atoms with E-state index in [-0.39, 0.29) is 22.7 Å². The largest absolute Gasteiger partial charge is 0.442 e. The molecule has 1 unspecified atom stereocenters. The van der Waals surface area contributed by atoms with Crippen molar-refractivity contribution >= 4 is 17.4 Å². The molecule has 2 heterocycles. The van der Waals surface area contributed by atoms with E-state index in [2.05, 4.69) is 4.98 Å².